The number of benzene rings is 1. The van der Waals surface area contributed by atoms with Gasteiger partial charge in [0.05, 0.1) is 18.7 Å². The number of nitriles is 1. The van der Waals surface area contributed by atoms with Crippen LogP contribution in [0.1, 0.15) is 25.8 Å². The van der Waals surface area contributed by atoms with Crippen LogP contribution in [0.15, 0.2) is 24.3 Å². The van der Waals surface area contributed by atoms with E-state index in [2.05, 4.69) is 5.32 Å². The van der Waals surface area contributed by atoms with Gasteiger partial charge in [-0.05, 0) is 30.2 Å². The quantitative estimate of drug-likeness (QED) is 0.774. The van der Waals surface area contributed by atoms with Crippen LogP contribution in [0.4, 0.5) is 0 Å². The largest absolute Gasteiger partial charge is 0.484 e. The molecule has 0 spiro atoms. The van der Waals surface area contributed by atoms with Crippen LogP contribution in [0.25, 0.3) is 0 Å². The van der Waals surface area contributed by atoms with Gasteiger partial charge in [-0.3, -0.25) is 4.79 Å². The van der Waals surface area contributed by atoms with E-state index >= 15 is 0 Å². The number of carbonyl (C=O) groups is 2. The molecule has 2 atom stereocenters. The minimum absolute atomic E-state index is 0.0358. The molecular weight excluding hydrogens is 284 g/mol. The summed E-state index contributed by atoms with van der Waals surface area (Å²) in [6, 6.07) is 7.73. The molecule has 1 aromatic rings. The van der Waals surface area contributed by atoms with Crippen molar-refractivity contribution in [2.45, 2.75) is 26.3 Å². The summed E-state index contributed by atoms with van der Waals surface area (Å²) in [5, 5.41) is 11.3. The molecule has 0 aliphatic heterocycles. The Labute approximate surface area is 130 Å². The third-order valence-electron chi connectivity index (χ3n) is 3.34. The zero-order valence-electron chi connectivity index (χ0n) is 13.0. The first-order valence-electron chi connectivity index (χ1n) is 7.02. The molecule has 0 saturated heterocycles. The summed E-state index contributed by atoms with van der Waals surface area (Å²) < 4.78 is 10.0. The highest BCUT2D eigenvalue weighted by molar-refractivity contribution is 5.85. The fourth-order valence-electron chi connectivity index (χ4n) is 1.79. The number of nitrogens with zero attached hydrogens (tertiary/aromatic N) is 1. The zero-order chi connectivity index (χ0) is 16.5. The molecule has 6 nitrogen and oxygen atoms in total. The smallest absolute Gasteiger partial charge is 0.328 e. The lowest BCUT2D eigenvalue weighted by atomic mass is 9.99. The molecular formula is C16H20N2O4. The topological polar surface area (TPSA) is 88.4 Å². The molecule has 0 fully saturated rings. The maximum Gasteiger partial charge on any atom is 0.328 e. The minimum Gasteiger partial charge on any atom is -0.484 e. The van der Waals surface area contributed by atoms with Gasteiger partial charge < -0.3 is 14.8 Å². The van der Waals surface area contributed by atoms with E-state index in [0.29, 0.717) is 11.3 Å². The molecule has 0 heterocycles. The van der Waals surface area contributed by atoms with Crippen LogP contribution in [0.2, 0.25) is 0 Å². The number of ether oxygens (including phenoxy) is 2. The van der Waals surface area contributed by atoms with E-state index < -0.39 is 17.9 Å². The van der Waals surface area contributed by atoms with E-state index in [9.17, 15) is 9.59 Å². The van der Waals surface area contributed by atoms with E-state index in [-0.39, 0.29) is 12.5 Å². The van der Waals surface area contributed by atoms with E-state index in [1.165, 1.54) is 7.11 Å². The third kappa shape index (κ3) is 5.09. The lowest BCUT2D eigenvalue weighted by Crippen LogP contribution is -2.47. The molecule has 0 aliphatic carbocycles. The van der Waals surface area contributed by atoms with Gasteiger partial charge >= 0.3 is 5.97 Å². The van der Waals surface area contributed by atoms with Crippen molar-refractivity contribution in [1.29, 1.82) is 5.26 Å². The second-order valence-electron chi connectivity index (χ2n) is 4.88. The fourth-order valence-corrected chi connectivity index (χ4v) is 1.79. The second-order valence-corrected chi connectivity index (χ2v) is 4.88. The van der Waals surface area contributed by atoms with Crippen LogP contribution in [-0.2, 0) is 14.3 Å². The van der Waals surface area contributed by atoms with Gasteiger partial charge in [-0.2, -0.15) is 5.26 Å². The Morgan fingerprint density at radius 2 is 1.95 bits per heavy atom. The molecule has 0 unspecified atom stereocenters. The Morgan fingerprint density at radius 3 is 2.45 bits per heavy atom. The number of carbonyl (C=O) groups excluding carboxylic acids is 2. The summed E-state index contributed by atoms with van der Waals surface area (Å²) in [7, 11) is 1.29. The highest BCUT2D eigenvalue weighted by Crippen LogP contribution is 2.12. The van der Waals surface area contributed by atoms with Crippen molar-refractivity contribution in [2.24, 2.45) is 5.92 Å². The Hall–Kier alpha value is -2.55. The number of amides is 1. The minimum atomic E-state index is -0.688. The van der Waals surface area contributed by atoms with Gasteiger partial charge in [-0.15, -0.1) is 0 Å². The summed E-state index contributed by atoms with van der Waals surface area (Å²) in [4.78, 5) is 23.6. The second kappa shape index (κ2) is 8.67. The van der Waals surface area contributed by atoms with Crippen LogP contribution in [0.3, 0.4) is 0 Å². The Morgan fingerprint density at radius 1 is 1.32 bits per heavy atom. The number of nitrogens with one attached hydrogen (secondary N) is 1. The average Bonchev–Trinajstić information content (AvgIpc) is 2.56. The summed E-state index contributed by atoms with van der Waals surface area (Å²) in [5.74, 6) is -0.431. The standard InChI is InChI=1S/C16H20N2O4/c1-4-11(2)15(16(20)21-3)18-14(19)10-22-13-7-5-12(9-17)6-8-13/h5-8,11,15H,4,10H2,1-3H3,(H,18,19)/t11-,15-/m0/s1. The molecule has 1 N–H and O–H groups in total. The average molecular weight is 304 g/mol. The van der Waals surface area contributed by atoms with E-state index in [0.717, 1.165) is 6.42 Å². The van der Waals surface area contributed by atoms with Gasteiger partial charge in [0.15, 0.2) is 6.61 Å². The molecule has 0 radical (unpaired) electrons. The van der Waals surface area contributed by atoms with Gasteiger partial charge in [0.2, 0.25) is 0 Å². The predicted octanol–water partition coefficient (Wildman–Crippen LogP) is 1.64. The summed E-state index contributed by atoms with van der Waals surface area (Å²) >= 11 is 0. The highest BCUT2D eigenvalue weighted by atomic mass is 16.5. The molecule has 0 bridgehead atoms. The molecule has 1 rings (SSSR count). The molecule has 118 valence electrons. The highest BCUT2D eigenvalue weighted by Gasteiger charge is 2.26. The van der Waals surface area contributed by atoms with E-state index in [4.69, 9.17) is 14.7 Å². The number of hydrogen-bond donors (Lipinski definition) is 1. The number of hydrogen-bond acceptors (Lipinski definition) is 5. The van der Waals surface area contributed by atoms with Crippen LogP contribution in [-0.4, -0.2) is 31.6 Å². The van der Waals surface area contributed by atoms with Crippen molar-refractivity contribution in [3.05, 3.63) is 29.8 Å². The van der Waals surface area contributed by atoms with E-state index in [1.807, 2.05) is 19.9 Å². The van der Waals surface area contributed by atoms with Crippen LogP contribution < -0.4 is 10.1 Å². The van der Waals surface area contributed by atoms with Gasteiger partial charge in [0, 0.05) is 0 Å². The molecule has 0 aromatic heterocycles. The Bertz CT molecular complexity index is 548. The predicted molar refractivity (Wildman–Crippen MR) is 80.1 cm³/mol. The maximum absolute atomic E-state index is 11.9. The molecule has 1 aromatic carbocycles. The number of methoxy groups -OCH3 is 1. The zero-order valence-corrected chi connectivity index (χ0v) is 13.0. The lowest BCUT2D eigenvalue weighted by molar-refractivity contribution is -0.146. The van der Waals surface area contributed by atoms with Crippen molar-refractivity contribution >= 4 is 11.9 Å². The third-order valence-corrected chi connectivity index (χ3v) is 3.34. The van der Waals surface area contributed by atoms with Gasteiger partial charge in [-0.1, -0.05) is 20.3 Å². The molecule has 0 saturated carbocycles. The summed E-state index contributed by atoms with van der Waals surface area (Å²) in [6.07, 6.45) is 0.733. The van der Waals surface area contributed by atoms with Gasteiger partial charge in [-0.25, -0.2) is 4.79 Å². The van der Waals surface area contributed by atoms with Crippen molar-refractivity contribution in [2.75, 3.05) is 13.7 Å². The van der Waals surface area contributed by atoms with Crippen molar-refractivity contribution < 1.29 is 19.1 Å². The number of esters is 1. The monoisotopic (exact) mass is 304 g/mol. The van der Waals surface area contributed by atoms with Crippen LogP contribution in [0, 0.1) is 17.2 Å². The maximum atomic E-state index is 11.9. The van der Waals surface area contributed by atoms with Crippen molar-refractivity contribution in [1.82, 2.24) is 5.32 Å². The van der Waals surface area contributed by atoms with Crippen molar-refractivity contribution in [3.8, 4) is 11.8 Å². The van der Waals surface area contributed by atoms with Crippen molar-refractivity contribution in [3.63, 3.8) is 0 Å². The number of rotatable bonds is 7. The molecule has 22 heavy (non-hydrogen) atoms. The van der Waals surface area contributed by atoms with E-state index in [1.54, 1.807) is 24.3 Å². The molecule has 0 aliphatic rings. The lowest BCUT2D eigenvalue weighted by Gasteiger charge is -2.21. The van der Waals surface area contributed by atoms with Crippen LogP contribution >= 0.6 is 0 Å². The van der Waals surface area contributed by atoms with Gasteiger partial charge in [0.25, 0.3) is 5.91 Å². The molecule has 6 heteroatoms. The Kier molecular flexibility index (Phi) is 6.90. The Balaban J connectivity index is 2.56. The molecule has 1 amide bonds. The first kappa shape index (κ1) is 17.5. The summed E-state index contributed by atoms with van der Waals surface area (Å²) in [6.45, 7) is 3.58. The fraction of sp³-hybridized carbons (Fsp3) is 0.438. The normalized spacial score (nSPS) is 12.6. The van der Waals surface area contributed by atoms with Crippen LogP contribution in [0.5, 0.6) is 5.75 Å². The van der Waals surface area contributed by atoms with Gasteiger partial charge in [0.1, 0.15) is 11.8 Å². The summed E-state index contributed by atoms with van der Waals surface area (Å²) in [5.41, 5.74) is 0.513. The first-order valence-corrected chi connectivity index (χ1v) is 7.02. The SMILES string of the molecule is CC[C@H](C)[C@H](NC(=O)COc1ccc(C#N)cc1)C(=O)OC. The first-order chi connectivity index (χ1) is 10.5.